The van der Waals surface area contributed by atoms with Gasteiger partial charge in [0, 0.05) is 17.5 Å². The Balaban J connectivity index is 2.15. The fourth-order valence-electron chi connectivity index (χ4n) is 2.19. The molecule has 0 aliphatic rings. The summed E-state index contributed by atoms with van der Waals surface area (Å²) in [6, 6.07) is 2.12. The van der Waals surface area contributed by atoms with Crippen LogP contribution in [0, 0.1) is 13.8 Å². The maximum absolute atomic E-state index is 11.1. The lowest BCUT2D eigenvalue weighted by Gasteiger charge is -2.24. The molecule has 1 N–H and O–H groups in total. The first-order valence-corrected chi connectivity index (χ1v) is 8.03. The van der Waals surface area contributed by atoms with Crippen LogP contribution in [0.2, 0.25) is 0 Å². The Bertz CT molecular complexity index is 618. The predicted molar refractivity (Wildman–Crippen MR) is 82.7 cm³/mol. The van der Waals surface area contributed by atoms with E-state index in [-0.39, 0.29) is 6.04 Å². The number of nitrogens with zero attached hydrogens (tertiary/aromatic N) is 2. The molecule has 0 amide bonds. The minimum absolute atomic E-state index is 0.225. The van der Waals surface area contributed by atoms with Crippen LogP contribution in [0.3, 0.4) is 0 Å². The Kier molecular flexibility index (Phi) is 4.57. The molecule has 0 aliphatic heterocycles. The molecule has 0 bridgehead atoms. The van der Waals surface area contributed by atoms with E-state index in [0.29, 0.717) is 11.4 Å². The van der Waals surface area contributed by atoms with Crippen LogP contribution in [0.4, 0.5) is 0 Å². The Morgan fingerprint density at radius 2 is 2.20 bits per heavy atom. The molecular formula is C14H18N2O2S2. The molecule has 2 heterocycles. The van der Waals surface area contributed by atoms with Gasteiger partial charge < -0.3 is 5.11 Å². The zero-order valence-electron chi connectivity index (χ0n) is 12.0. The molecule has 0 fully saturated rings. The van der Waals surface area contributed by atoms with Crippen molar-refractivity contribution in [3.8, 4) is 0 Å². The molecule has 20 heavy (non-hydrogen) atoms. The number of hydrogen-bond donors (Lipinski definition) is 1. The highest BCUT2D eigenvalue weighted by Crippen LogP contribution is 2.30. The SMILES string of the molecule is Cc1nc(C)c(C(C)N(C)Cc2ccsc2C(=O)O)s1. The van der Waals surface area contributed by atoms with Crippen molar-refractivity contribution in [2.24, 2.45) is 0 Å². The van der Waals surface area contributed by atoms with Crippen LogP contribution in [0.25, 0.3) is 0 Å². The van der Waals surface area contributed by atoms with Gasteiger partial charge in [-0.3, -0.25) is 4.90 Å². The minimum atomic E-state index is -0.846. The molecule has 0 radical (unpaired) electrons. The molecule has 4 nitrogen and oxygen atoms in total. The van der Waals surface area contributed by atoms with Crippen molar-refractivity contribution in [1.82, 2.24) is 9.88 Å². The van der Waals surface area contributed by atoms with Crippen LogP contribution in [0.1, 0.15) is 43.8 Å². The van der Waals surface area contributed by atoms with Crippen LogP contribution >= 0.6 is 22.7 Å². The summed E-state index contributed by atoms with van der Waals surface area (Å²) in [5.74, 6) is -0.846. The number of aromatic nitrogens is 1. The van der Waals surface area contributed by atoms with Crippen LogP contribution in [-0.2, 0) is 6.54 Å². The summed E-state index contributed by atoms with van der Waals surface area (Å²) in [4.78, 5) is 19.4. The standard InChI is InChI=1S/C14H18N2O2S2/c1-8-12(20-10(3)15-8)9(2)16(4)7-11-5-6-19-13(11)14(17)18/h5-6,9H,7H2,1-4H3,(H,17,18). The third kappa shape index (κ3) is 3.08. The van der Waals surface area contributed by atoms with Crippen molar-refractivity contribution >= 4 is 28.6 Å². The van der Waals surface area contributed by atoms with Crippen molar-refractivity contribution in [1.29, 1.82) is 0 Å². The third-order valence-electron chi connectivity index (χ3n) is 3.34. The van der Waals surface area contributed by atoms with Crippen molar-refractivity contribution < 1.29 is 9.90 Å². The average Bonchev–Trinajstić information content (AvgIpc) is 2.94. The monoisotopic (exact) mass is 310 g/mol. The van der Waals surface area contributed by atoms with Gasteiger partial charge in [0.15, 0.2) is 0 Å². The summed E-state index contributed by atoms with van der Waals surface area (Å²) in [5.41, 5.74) is 1.94. The van der Waals surface area contributed by atoms with E-state index < -0.39 is 5.97 Å². The smallest absolute Gasteiger partial charge is 0.346 e. The molecule has 0 spiro atoms. The summed E-state index contributed by atoms with van der Waals surface area (Å²) in [6.07, 6.45) is 0. The van der Waals surface area contributed by atoms with Crippen LogP contribution in [0.5, 0.6) is 0 Å². The Morgan fingerprint density at radius 1 is 1.50 bits per heavy atom. The number of hydrogen-bond acceptors (Lipinski definition) is 5. The first-order valence-electron chi connectivity index (χ1n) is 6.34. The minimum Gasteiger partial charge on any atom is -0.477 e. The average molecular weight is 310 g/mol. The van der Waals surface area contributed by atoms with Gasteiger partial charge in [-0.25, -0.2) is 9.78 Å². The van der Waals surface area contributed by atoms with E-state index in [1.54, 1.807) is 11.3 Å². The maximum Gasteiger partial charge on any atom is 0.346 e. The molecule has 2 aromatic rings. The quantitative estimate of drug-likeness (QED) is 0.914. The van der Waals surface area contributed by atoms with Gasteiger partial charge >= 0.3 is 5.97 Å². The second-order valence-corrected chi connectivity index (χ2v) is 7.00. The van der Waals surface area contributed by atoms with Gasteiger partial charge in [0.25, 0.3) is 0 Å². The summed E-state index contributed by atoms with van der Waals surface area (Å²) in [7, 11) is 2.02. The van der Waals surface area contributed by atoms with Crippen molar-refractivity contribution in [3.05, 3.63) is 37.5 Å². The van der Waals surface area contributed by atoms with Crippen molar-refractivity contribution in [2.75, 3.05) is 7.05 Å². The van der Waals surface area contributed by atoms with Crippen molar-refractivity contribution in [3.63, 3.8) is 0 Å². The van der Waals surface area contributed by atoms with E-state index in [2.05, 4.69) is 16.8 Å². The molecule has 1 unspecified atom stereocenters. The van der Waals surface area contributed by atoms with Gasteiger partial charge in [-0.2, -0.15) is 0 Å². The summed E-state index contributed by atoms with van der Waals surface area (Å²) >= 11 is 2.99. The molecule has 0 aliphatic carbocycles. The number of thiophene rings is 1. The maximum atomic E-state index is 11.1. The first-order chi connectivity index (χ1) is 9.40. The van der Waals surface area contributed by atoms with E-state index in [1.807, 2.05) is 32.3 Å². The number of thiazole rings is 1. The van der Waals surface area contributed by atoms with Gasteiger partial charge in [0.05, 0.1) is 10.7 Å². The number of aromatic carboxylic acids is 1. The largest absolute Gasteiger partial charge is 0.477 e. The van der Waals surface area contributed by atoms with Gasteiger partial charge in [-0.1, -0.05) is 0 Å². The first kappa shape index (κ1) is 15.2. The lowest BCUT2D eigenvalue weighted by Crippen LogP contribution is -2.22. The second kappa shape index (κ2) is 6.03. The summed E-state index contributed by atoms with van der Waals surface area (Å²) in [5, 5.41) is 12.1. The highest BCUT2D eigenvalue weighted by Gasteiger charge is 2.20. The fourth-order valence-corrected chi connectivity index (χ4v) is 3.99. The molecule has 0 aromatic carbocycles. The third-order valence-corrected chi connectivity index (χ3v) is 5.53. The molecular weight excluding hydrogens is 292 g/mol. The van der Waals surface area contributed by atoms with E-state index in [1.165, 1.54) is 16.2 Å². The van der Waals surface area contributed by atoms with Crippen molar-refractivity contribution in [2.45, 2.75) is 33.4 Å². The molecule has 2 rings (SSSR count). The number of rotatable bonds is 5. The van der Waals surface area contributed by atoms with E-state index in [9.17, 15) is 4.79 Å². The van der Waals surface area contributed by atoms with Gasteiger partial charge in [0.1, 0.15) is 4.88 Å². The van der Waals surface area contributed by atoms with Crippen LogP contribution in [0.15, 0.2) is 11.4 Å². The van der Waals surface area contributed by atoms with E-state index in [0.717, 1.165) is 16.3 Å². The van der Waals surface area contributed by atoms with E-state index in [4.69, 9.17) is 5.11 Å². The molecule has 2 aromatic heterocycles. The highest BCUT2D eigenvalue weighted by atomic mass is 32.1. The molecule has 6 heteroatoms. The fraction of sp³-hybridized carbons (Fsp3) is 0.429. The molecule has 0 saturated heterocycles. The molecule has 108 valence electrons. The zero-order valence-corrected chi connectivity index (χ0v) is 13.6. The Morgan fingerprint density at radius 3 is 2.75 bits per heavy atom. The van der Waals surface area contributed by atoms with Crippen LogP contribution in [-0.4, -0.2) is 28.0 Å². The van der Waals surface area contributed by atoms with Crippen LogP contribution < -0.4 is 0 Å². The lowest BCUT2D eigenvalue weighted by atomic mass is 10.2. The lowest BCUT2D eigenvalue weighted by molar-refractivity contribution is 0.0700. The topological polar surface area (TPSA) is 53.4 Å². The second-order valence-electron chi connectivity index (χ2n) is 4.85. The summed E-state index contributed by atoms with van der Waals surface area (Å²) in [6.45, 7) is 6.79. The Labute approximate surface area is 126 Å². The number of carboxylic acid groups (broad SMARTS) is 1. The Hall–Kier alpha value is -1.24. The number of carboxylic acids is 1. The normalized spacial score (nSPS) is 12.8. The van der Waals surface area contributed by atoms with Gasteiger partial charge in [0.2, 0.25) is 0 Å². The highest BCUT2D eigenvalue weighted by molar-refractivity contribution is 7.12. The molecule has 1 atom stereocenters. The predicted octanol–water partition coefficient (Wildman–Crippen LogP) is 3.71. The van der Waals surface area contributed by atoms with E-state index >= 15 is 0 Å². The van der Waals surface area contributed by atoms with Gasteiger partial charge in [-0.15, -0.1) is 22.7 Å². The number of aryl methyl sites for hydroxylation is 2. The summed E-state index contributed by atoms with van der Waals surface area (Å²) < 4.78 is 0. The number of carbonyl (C=O) groups is 1. The van der Waals surface area contributed by atoms with Gasteiger partial charge in [-0.05, 0) is 44.8 Å². The zero-order chi connectivity index (χ0) is 14.9. The molecule has 0 saturated carbocycles.